The van der Waals surface area contributed by atoms with Gasteiger partial charge in [0.25, 0.3) is 5.91 Å². The SMILES string of the molecule is C=S1(=O)NC(=O)c2ccc3c(c2)N(C[C@@H]2CC[C@H]2CCC(=O)N2CCC[C@@H]1C2)C[C@@]1(CCCc2cc(Cl)ccc21)CO3. The highest BCUT2D eigenvalue weighted by molar-refractivity contribution is 7.99. The van der Waals surface area contributed by atoms with Crippen molar-refractivity contribution >= 4 is 44.7 Å². The molecule has 2 aliphatic carbocycles. The molecule has 5 atom stereocenters. The summed E-state index contributed by atoms with van der Waals surface area (Å²) in [7, 11) is -2.96. The first-order valence-corrected chi connectivity index (χ1v) is 17.6. The number of nitrogens with zero attached hydrogens (tertiary/aromatic N) is 2. The van der Waals surface area contributed by atoms with Crippen molar-refractivity contribution < 1.29 is 18.5 Å². The normalized spacial score (nSPS) is 33.0. The van der Waals surface area contributed by atoms with Crippen molar-refractivity contribution in [3.63, 3.8) is 0 Å². The summed E-state index contributed by atoms with van der Waals surface area (Å²) >= 11 is 6.41. The van der Waals surface area contributed by atoms with E-state index < -0.39 is 15.6 Å². The molecule has 7 rings (SSSR count). The summed E-state index contributed by atoms with van der Waals surface area (Å²) in [6.07, 6.45) is 8.22. The Morgan fingerprint density at radius 1 is 0.976 bits per heavy atom. The van der Waals surface area contributed by atoms with Crippen LogP contribution in [0.4, 0.5) is 5.69 Å². The number of amides is 2. The standard InChI is InChI=1S/C33H40ClN3O4S/c1-42(40)27-5-3-15-36(19-27)31(38)13-9-22-6-7-25(22)18-37-20-33(14-2-4-23-16-26(34)10-11-28(23)33)21-41-30-12-8-24(17-29(30)37)32(39)35-42/h8,10-12,16-17,22,25,27H,1-7,9,13-15,18-21H2,(H,35,39,40)/t22-,25-,27+,33-,42?/m0/s1. The first kappa shape index (κ1) is 28.1. The van der Waals surface area contributed by atoms with Gasteiger partial charge in [0.15, 0.2) is 0 Å². The van der Waals surface area contributed by atoms with E-state index in [0.717, 1.165) is 74.5 Å². The average molecular weight is 610 g/mol. The molecule has 9 heteroatoms. The Bertz CT molecular complexity index is 1530. The van der Waals surface area contributed by atoms with Crippen molar-refractivity contribution in [1.29, 1.82) is 0 Å². The zero-order valence-electron chi connectivity index (χ0n) is 24.1. The number of halogens is 1. The lowest BCUT2D eigenvalue weighted by atomic mass is 9.69. The van der Waals surface area contributed by atoms with Gasteiger partial charge in [0.05, 0.1) is 27.3 Å². The van der Waals surface area contributed by atoms with Crippen LogP contribution in [-0.4, -0.2) is 64.8 Å². The molecule has 1 spiro atoms. The molecule has 2 aromatic carbocycles. The molecule has 2 fully saturated rings. The number of carbonyl (C=O) groups is 2. The third-order valence-electron chi connectivity index (χ3n) is 10.6. The quantitative estimate of drug-likeness (QED) is 0.426. The Morgan fingerprint density at radius 3 is 2.67 bits per heavy atom. The number of hydrogen-bond donors (Lipinski definition) is 1. The second-order valence-corrected chi connectivity index (χ2v) is 15.9. The molecule has 1 saturated heterocycles. The second kappa shape index (κ2) is 10.8. The number of ether oxygens (including phenoxy) is 1. The zero-order chi connectivity index (χ0) is 29.1. The summed E-state index contributed by atoms with van der Waals surface area (Å²) in [4.78, 5) is 31.1. The molecule has 4 bridgehead atoms. The maximum absolute atomic E-state index is 13.7. The van der Waals surface area contributed by atoms with Gasteiger partial charge in [-0.05, 0) is 111 Å². The molecule has 224 valence electrons. The highest BCUT2D eigenvalue weighted by Gasteiger charge is 2.43. The third-order valence-corrected chi connectivity index (χ3v) is 12.8. The van der Waals surface area contributed by atoms with Crippen LogP contribution in [0.1, 0.15) is 72.9 Å². The molecule has 2 amide bonds. The number of nitrogens with one attached hydrogen (secondary N) is 1. The van der Waals surface area contributed by atoms with E-state index in [1.165, 1.54) is 11.1 Å². The Labute approximate surface area is 254 Å². The fraction of sp³-hybridized carbons (Fsp3) is 0.545. The van der Waals surface area contributed by atoms with Gasteiger partial charge in [-0.1, -0.05) is 17.7 Å². The summed E-state index contributed by atoms with van der Waals surface area (Å²) in [6, 6.07) is 11.9. The van der Waals surface area contributed by atoms with Crippen LogP contribution in [0.15, 0.2) is 36.4 Å². The van der Waals surface area contributed by atoms with Crippen molar-refractivity contribution in [3.05, 3.63) is 58.1 Å². The number of piperidine rings is 1. The van der Waals surface area contributed by atoms with Crippen LogP contribution in [0.5, 0.6) is 5.75 Å². The lowest BCUT2D eigenvalue weighted by Gasteiger charge is -2.45. The number of fused-ring (bicyclic) bond motifs is 6. The molecule has 7 nitrogen and oxygen atoms in total. The second-order valence-electron chi connectivity index (χ2n) is 13.2. The molecule has 0 aromatic heterocycles. The topological polar surface area (TPSA) is 79.0 Å². The molecule has 0 radical (unpaired) electrons. The fourth-order valence-electron chi connectivity index (χ4n) is 8.04. The van der Waals surface area contributed by atoms with Crippen molar-refractivity contribution in [2.75, 3.05) is 37.7 Å². The molecule has 1 N–H and O–H groups in total. The van der Waals surface area contributed by atoms with E-state index >= 15 is 0 Å². The molecule has 2 aromatic rings. The van der Waals surface area contributed by atoms with Gasteiger partial charge in [0, 0.05) is 48.6 Å². The van der Waals surface area contributed by atoms with Gasteiger partial charge in [0.1, 0.15) is 5.75 Å². The van der Waals surface area contributed by atoms with Gasteiger partial charge < -0.3 is 14.5 Å². The number of rotatable bonds is 0. The monoisotopic (exact) mass is 609 g/mol. The van der Waals surface area contributed by atoms with Gasteiger partial charge >= 0.3 is 0 Å². The van der Waals surface area contributed by atoms with Crippen LogP contribution in [0, 0.1) is 11.8 Å². The maximum Gasteiger partial charge on any atom is 0.262 e. The Balaban J connectivity index is 1.28. The summed E-state index contributed by atoms with van der Waals surface area (Å²) in [5.74, 6) is 5.45. The van der Waals surface area contributed by atoms with Crippen LogP contribution in [0.25, 0.3) is 0 Å². The van der Waals surface area contributed by atoms with Crippen LogP contribution in [0.3, 0.4) is 0 Å². The van der Waals surface area contributed by atoms with E-state index in [1.54, 1.807) is 6.07 Å². The summed E-state index contributed by atoms with van der Waals surface area (Å²) in [5, 5.41) is 0.405. The molecule has 3 heterocycles. The smallest absolute Gasteiger partial charge is 0.262 e. The van der Waals surface area contributed by atoms with Gasteiger partial charge in [-0.15, -0.1) is 0 Å². The number of hydrogen-bond acceptors (Lipinski definition) is 5. The molecule has 42 heavy (non-hydrogen) atoms. The van der Waals surface area contributed by atoms with E-state index in [0.29, 0.717) is 49.9 Å². The number of benzene rings is 2. The van der Waals surface area contributed by atoms with E-state index in [-0.39, 0.29) is 16.6 Å². The summed E-state index contributed by atoms with van der Waals surface area (Å²) in [5.41, 5.74) is 3.77. The van der Waals surface area contributed by atoms with Gasteiger partial charge in [-0.25, -0.2) is 4.21 Å². The third kappa shape index (κ3) is 5.08. The molecule has 3 aliphatic heterocycles. The highest BCUT2D eigenvalue weighted by atomic mass is 35.5. The zero-order valence-corrected chi connectivity index (χ0v) is 25.7. The Kier molecular flexibility index (Phi) is 7.21. The summed E-state index contributed by atoms with van der Waals surface area (Å²) in [6.45, 7) is 3.26. The highest BCUT2D eigenvalue weighted by Crippen LogP contribution is 2.47. The average Bonchev–Trinajstić information content (AvgIpc) is 3.11. The molecule has 1 unspecified atom stereocenters. The van der Waals surface area contributed by atoms with Gasteiger partial charge in [-0.2, -0.15) is 0 Å². The van der Waals surface area contributed by atoms with E-state index in [2.05, 4.69) is 27.6 Å². The minimum absolute atomic E-state index is 0.131. The maximum atomic E-state index is 13.7. The van der Waals surface area contributed by atoms with Gasteiger partial charge in [0.2, 0.25) is 5.91 Å². The number of anilines is 1. The molecular formula is C33H40ClN3O4S. The lowest BCUT2D eigenvalue weighted by molar-refractivity contribution is -0.132. The molecule has 1 saturated carbocycles. The first-order chi connectivity index (χ1) is 20.2. The Morgan fingerprint density at radius 2 is 1.83 bits per heavy atom. The first-order valence-electron chi connectivity index (χ1n) is 15.5. The fourth-order valence-corrected chi connectivity index (χ4v) is 9.80. The van der Waals surface area contributed by atoms with Crippen LogP contribution in [-0.2, 0) is 26.3 Å². The van der Waals surface area contributed by atoms with E-state index in [1.807, 2.05) is 23.1 Å². The van der Waals surface area contributed by atoms with Crippen molar-refractivity contribution in [1.82, 2.24) is 9.62 Å². The van der Waals surface area contributed by atoms with Crippen LogP contribution < -0.4 is 14.4 Å². The number of carbonyl (C=O) groups excluding carboxylic acids is 2. The molecular weight excluding hydrogens is 570 g/mol. The minimum Gasteiger partial charge on any atom is -0.490 e. The lowest BCUT2D eigenvalue weighted by Crippen LogP contribution is -2.50. The van der Waals surface area contributed by atoms with Crippen molar-refractivity contribution in [2.45, 2.75) is 68.5 Å². The predicted octanol–water partition coefficient (Wildman–Crippen LogP) is 4.99. The summed E-state index contributed by atoms with van der Waals surface area (Å²) < 4.78 is 23.1. The molecule has 5 aliphatic rings. The van der Waals surface area contributed by atoms with E-state index in [9.17, 15) is 13.8 Å². The van der Waals surface area contributed by atoms with E-state index in [4.69, 9.17) is 16.3 Å². The van der Waals surface area contributed by atoms with Gasteiger partial charge in [-0.3, -0.25) is 14.3 Å². The van der Waals surface area contributed by atoms with Crippen molar-refractivity contribution in [3.8, 4) is 5.75 Å². The predicted molar refractivity (Wildman–Crippen MR) is 168 cm³/mol. The largest absolute Gasteiger partial charge is 0.490 e. The number of aryl methyl sites for hydroxylation is 1. The van der Waals surface area contributed by atoms with Crippen LogP contribution >= 0.6 is 11.6 Å². The Hall–Kier alpha value is -2.71. The van der Waals surface area contributed by atoms with Crippen LogP contribution in [0.2, 0.25) is 5.02 Å². The minimum atomic E-state index is -2.96. The van der Waals surface area contributed by atoms with Crippen molar-refractivity contribution in [2.24, 2.45) is 11.8 Å².